The third-order valence-corrected chi connectivity index (χ3v) is 3.54. The summed E-state index contributed by atoms with van der Waals surface area (Å²) in [5.74, 6) is 2.61. The number of aliphatic imine (C=N–C) groups is 1. The van der Waals surface area contributed by atoms with E-state index >= 15 is 0 Å². The second kappa shape index (κ2) is 9.50. The van der Waals surface area contributed by atoms with Crippen LogP contribution in [0.3, 0.4) is 0 Å². The van der Waals surface area contributed by atoms with Crippen LogP contribution in [0.2, 0.25) is 0 Å². The summed E-state index contributed by atoms with van der Waals surface area (Å²) in [4.78, 5) is 10.8. The molecular weight excluding hydrogens is 330 g/mol. The molecule has 7 nitrogen and oxygen atoms in total. The summed E-state index contributed by atoms with van der Waals surface area (Å²) in [6, 6.07) is 9.45. The number of aromatic nitrogens is 1. The molecule has 0 amide bonds. The van der Waals surface area contributed by atoms with Crippen molar-refractivity contribution in [1.29, 1.82) is 0 Å². The first-order chi connectivity index (χ1) is 12.5. The number of nitrogens with zero attached hydrogens (tertiary/aromatic N) is 3. The number of hydrogen-bond acceptors (Lipinski definition) is 5. The van der Waals surface area contributed by atoms with Crippen molar-refractivity contribution in [3.63, 3.8) is 0 Å². The Morgan fingerprint density at radius 3 is 2.65 bits per heavy atom. The van der Waals surface area contributed by atoms with E-state index in [2.05, 4.69) is 15.3 Å². The van der Waals surface area contributed by atoms with Gasteiger partial charge in [0, 0.05) is 31.9 Å². The van der Waals surface area contributed by atoms with Gasteiger partial charge < -0.3 is 25.4 Å². The van der Waals surface area contributed by atoms with Crippen molar-refractivity contribution in [2.24, 2.45) is 10.7 Å². The molecule has 0 unspecified atom stereocenters. The Kier molecular flexibility index (Phi) is 7.08. The lowest BCUT2D eigenvalue weighted by Crippen LogP contribution is -2.23. The molecule has 0 aliphatic rings. The van der Waals surface area contributed by atoms with Crippen LogP contribution in [0, 0.1) is 0 Å². The van der Waals surface area contributed by atoms with E-state index in [0.717, 1.165) is 22.8 Å². The van der Waals surface area contributed by atoms with Gasteiger partial charge >= 0.3 is 0 Å². The van der Waals surface area contributed by atoms with Crippen LogP contribution in [-0.4, -0.2) is 38.3 Å². The van der Waals surface area contributed by atoms with Crippen molar-refractivity contribution in [1.82, 2.24) is 4.98 Å². The number of benzene rings is 1. The van der Waals surface area contributed by atoms with Gasteiger partial charge in [0.1, 0.15) is 17.3 Å². The first-order valence-corrected chi connectivity index (χ1v) is 8.63. The van der Waals surface area contributed by atoms with E-state index in [4.69, 9.17) is 15.2 Å². The third-order valence-electron chi connectivity index (χ3n) is 3.54. The molecule has 2 rings (SSSR count). The molecule has 0 spiro atoms. The van der Waals surface area contributed by atoms with Crippen molar-refractivity contribution in [2.45, 2.75) is 20.4 Å². The van der Waals surface area contributed by atoms with Crippen LogP contribution in [0.4, 0.5) is 11.5 Å². The lowest BCUT2D eigenvalue weighted by atomic mass is 10.2. The molecule has 0 atom stereocenters. The summed E-state index contributed by atoms with van der Waals surface area (Å²) >= 11 is 0. The van der Waals surface area contributed by atoms with E-state index in [9.17, 15) is 0 Å². The Hall–Kier alpha value is -2.96. The van der Waals surface area contributed by atoms with Gasteiger partial charge in [0.05, 0.1) is 25.4 Å². The van der Waals surface area contributed by atoms with Crippen LogP contribution in [0.1, 0.15) is 19.4 Å². The first kappa shape index (κ1) is 19.4. The predicted molar refractivity (Wildman–Crippen MR) is 106 cm³/mol. The number of ether oxygens (including phenoxy) is 2. The van der Waals surface area contributed by atoms with Crippen LogP contribution in [0.5, 0.6) is 11.5 Å². The summed E-state index contributed by atoms with van der Waals surface area (Å²) in [5.41, 5.74) is 7.79. The average molecular weight is 357 g/mol. The second-order valence-corrected chi connectivity index (χ2v) is 5.73. The molecule has 0 aliphatic carbocycles. The highest BCUT2D eigenvalue weighted by atomic mass is 16.5. The highest BCUT2D eigenvalue weighted by Gasteiger charge is 2.08. The highest BCUT2D eigenvalue weighted by Crippen LogP contribution is 2.29. The zero-order valence-electron chi connectivity index (χ0n) is 15.8. The molecule has 3 N–H and O–H groups in total. The van der Waals surface area contributed by atoms with E-state index < -0.39 is 0 Å². The Morgan fingerprint density at radius 1 is 1.19 bits per heavy atom. The minimum atomic E-state index is 0.299. The lowest BCUT2D eigenvalue weighted by molar-refractivity contribution is 0.332. The minimum absolute atomic E-state index is 0.299. The lowest BCUT2D eigenvalue weighted by Gasteiger charge is -2.15. The fraction of sp³-hybridized carbons (Fsp3) is 0.368. The molecule has 7 heteroatoms. The van der Waals surface area contributed by atoms with Gasteiger partial charge in [-0.1, -0.05) is 6.07 Å². The Morgan fingerprint density at radius 2 is 1.96 bits per heavy atom. The van der Waals surface area contributed by atoms with Crippen LogP contribution < -0.4 is 25.4 Å². The standard InChI is InChI=1S/C19H27N5O2/c1-5-25-15-9-10-17(26-6-2)16(12-15)23-19(20)22-13-14-8-7-11-21-18(14)24(3)4/h7-12H,5-6,13H2,1-4H3,(H3,20,22,23). The van der Waals surface area contributed by atoms with Crippen LogP contribution in [-0.2, 0) is 6.54 Å². The van der Waals surface area contributed by atoms with Gasteiger partial charge in [-0.05, 0) is 32.0 Å². The van der Waals surface area contributed by atoms with Gasteiger partial charge in [-0.3, -0.25) is 0 Å². The predicted octanol–water partition coefficient (Wildman–Crippen LogP) is 2.87. The molecule has 26 heavy (non-hydrogen) atoms. The van der Waals surface area contributed by atoms with Gasteiger partial charge in [-0.2, -0.15) is 0 Å². The zero-order chi connectivity index (χ0) is 18.9. The van der Waals surface area contributed by atoms with Crippen LogP contribution in [0.15, 0.2) is 41.5 Å². The summed E-state index contributed by atoms with van der Waals surface area (Å²) in [5, 5.41) is 3.10. The molecule has 0 radical (unpaired) electrons. The summed E-state index contributed by atoms with van der Waals surface area (Å²) < 4.78 is 11.2. The SMILES string of the molecule is CCOc1ccc(OCC)c(NC(N)=NCc2cccnc2N(C)C)c1. The Bertz CT molecular complexity index is 746. The maximum atomic E-state index is 6.08. The molecule has 1 aromatic heterocycles. The summed E-state index contributed by atoms with van der Waals surface area (Å²) in [6.07, 6.45) is 1.76. The molecule has 140 valence electrons. The maximum absolute atomic E-state index is 6.08. The number of anilines is 2. The molecule has 1 aromatic carbocycles. The number of nitrogens with two attached hydrogens (primary N) is 1. The minimum Gasteiger partial charge on any atom is -0.494 e. The average Bonchev–Trinajstić information content (AvgIpc) is 2.62. The second-order valence-electron chi connectivity index (χ2n) is 5.73. The first-order valence-electron chi connectivity index (χ1n) is 8.63. The Balaban J connectivity index is 2.17. The summed E-state index contributed by atoms with van der Waals surface area (Å²) in [7, 11) is 3.90. The van der Waals surface area contributed by atoms with E-state index in [0.29, 0.717) is 31.5 Å². The molecule has 0 bridgehead atoms. The highest BCUT2D eigenvalue weighted by molar-refractivity contribution is 5.94. The van der Waals surface area contributed by atoms with Crippen LogP contribution in [0.25, 0.3) is 0 Å². The van der Waals surface area contributed by atoms with Gasteiger partial charge in [0.2, 0.25) is 0 Å². The quantitative estimate of drug-likeness (QED) is 0.558. The largest absolute Gasteiger partial charge is 0.494 e. The van der Waals surface area contributed by atoms with Gasteiger partial charge in [-0.15, -0.1) is 0 Å². The number of pyridine rings is 1. The molecule has 0 fully saturated rings. The van der Waals surface area contributed by atoms with E-state index in [1.807, 2.05) is 63.2 Å². The van der Waals surface area contributed by atoms with E-state index in [1.54, 1.807) is 6.20 Å². The number of nitrogens with one attached hydrogen (secondary N) is 1. The molecule has 0 saturated carbocycles. The zero-order valence-corrected chi connectivity index (χ0v) is 15.8. The summed E-state index contributed by atoms with van der Waals surface area (Å²) in [6.45, 7) is 5.45. The number of hydrogen-bond donors (Lipinski definition) is 2. The topological polar surface area (TPSA) is 85.0 Å². The van der Waals surface area contributed by atoms with Crippen molar-refractivity contribution in [2.75, 3.05) is 37.5 Å². The molecule has 0 saturated heterocycles. The monoisotopic (exact) mass is 357 g/mol. The smallest absolute Gasteiger partial charge is 0.193 e. The van der Waals surface area contributed by atoms with E-state index in [1.165, 1.54) is 0 Å². The number of rotatable bonds is 8. The maximum Gasteiger partial charge on any atom is 0.193 e. The fourth-order valence-electron chi connectivity index (χ4n) is 2.45. The van der Waals surface area contributed by atoms with Gasteiger partial charge in [-0.25, -0.2) is 9.98 Å². The van der Waals surface area contributed by atoms with E-state index in [-0.39, 0.29) is 0 Å². The van der Waals surface area contributed by atoms with Crippen molar-refractivity contribution in [3.05, 3.63) is 42.1 Å². The van der Waals surface area contributed by atoms with Crippen molar-refractivity contribution >= 4 is 17.5 Å². The van der Waals surface area contributed by atoms with Crippen molar-refractivity contribution < 1.29 is 9.47 Å². The van der Waals surface area contributed by atoms with Gasteiger partial charge in [0.25, 0.3) is 0 Å². The normalized spacial score (nSPS) is 11.2. The molecule has 2 aromatic rings. The fourth-order valence-corrected chi connectivity index (χ4v) is 2.45. The molecule has 0 aliphatic heterocycles. The van der Waals surface area contributed by atoms with Crippen LogP contribution >= 0.6 is 0 Å². The Labute approximate surface area is 154 Å². The third kappa shape index (κ3) is 5.27. The molecular formula is C19H27N5O2. The number of guanidine groups is 1. The van der Waals surface area contributed by atoms with Crippen molar-refractivity contribution in [3.8, 4) is 11.5 Å². The van der Waals surface area contributed by atoms with Gasteiger partial charge in [0.15, 0.2) is 5.96 Å². The molecule has 1 heterocycles.